The molecule has 0 aliphatic carbocycles. The first-order valence-corrected chi connectivity index (χ1v) is 7.05. The van der Waals surface area contributed by atoms with E-state index in [-0.39, 0.29) is 5.91 Å². The molecule has 1 aromatic carbocycles. The SMILES string of the molecule is CCCNC(=O)c1cc(-c2ccc(Br)cc2)oc1C. The average Bonchev–Trinajstić information content (AvgIpc) is 2.79. The number of carbonyl (C=O) groups is 1. The zero-order valence-corrected chi connectivity index (χ0v) is 12.6. The van der Waals surface area contributed by atoms with Crippen LogP contribution in [0.5, 0.6) is 0 Å². The van der Waals surface area contributed by atoms with E-state index in [1.54, 1.807) is 6.07 Å². The van der Waals surface area contributed by atoms with E-state index in [1.807, 2.05) is 38.1 Å². The van der Waals surface area contributed by atoms with Crippen molar-refractivity contribution < 1.29 is 9.21 Å². The van der Waals surface area contributed by atoms with Crippen LogP contribution in [0.25, 0.3) is 11.3 Å². The lowest BCUT2D eigenvalue weighted by Gasteiger charge is -2.00. The lowest BCUT2D eigenvalue weighted by atomic mass is 10.1. The molecule has 0 bridgehead atoms. The topological polar surface area (TPSA) is 42.2 Å². The number of hydrogen-bond donors (Lipinski definition) is 1. The summed E-state index contributed by atoms with van der Waals surface area (Å²) >= 11 is 3.39. The summed E-state index contributed by atoms with van der Waals surface area (Å²) in [6.07, 6.45) is 0.919. The van der Waals surface area contributed by atoms with Crippen molar-refractivity contribution in [3.8, 4) is 11.3 Å². The molecule has 1 amide bonds. The normalized spacial score (nSPS) is 10.5. The number of nitrogens with one attached hydrogen (secondary N) is 1. The monoisotopic (exact) mass is 321 g/mol. The maximum absolute atomic E-state index is 11.9. The second kappa shape index (κ2) is 6.06. The molecule has 2 aromatic rings. The maximum atomic E-state index is 11.9. The van der Waals surface area contributed by atoms with Gasteiger partial charge in [-0.2, -0.15) is 0 Å². The van der Waals surface area contributed by atoms with E-state index in [0.29, 0.717) is 23.6 Å². The van der Waals surface area contributed by atoms with E-state index in [1.165, 1.54) is 0 Å². The predicted molar refractivity (Wildman–Crippen MR) is 79.2 cm³/mol. The van der Waals surface area contributed by atoms with E-state index in [2.05, 4.69) is 21.2 Å². The first-order valence-electron chi connectivity index (χ1n) is 6.26. The van der Waals surface area contributed by atoms with Crippen LogP contribution in [0.2, 0.25) is 0 Å². The van der Waals surface area contributed by atoms with Gasteiger partial charge in [-0.05, 0) is 31.5 Å². The molecule has 19 heavy (non-hydrogen) atoms. The minimum atomic E-state index is -0.0774. The third-order valence-corrected chi connectivity index (χ3v) is 3.36. The smallest absolute Gasteiger partial charge is 0.254 e. The van der Waals surface area contributed by atoms with Gasteiger partial charge in [-0.15, -0.1) is 0 Å². The van der Waals surface area contributed by atoms with Gasteiger partial charge < -0.3 is 9.73 Å². The van der Waals surface area contributed by atoms with Crippen molar-refractivity contribution >= 4 is 21.8 Å². The van der Waals surface area contributed by atoms with Gasteiger partial charge in [0.05, 0.1) is 5.56 Å². The van der Waals surface area contributed by atoms with Crippen molar-refractivity contribution in [2.45, 2.75) is 20.3 Å². The molecule has 0 atom stereocenters. The number of hydrogen-bond acceptors (Lipinski definition) is 2. The molecule has 1 aromatic heterocycles. The van der Waals surface area contributed by atoms with Crippen LogP contribution in [0.15, 0.2) is 39.2 Å². The van der Waals surface area contributed by atoms with Gasteiger partial charge >= 0.3 is 0 Å². The van der Waals surface area contributed by atoms with Crippen molar-refractivity contribution in [3.63, 3.8) is 0 Å². The quantitative estimate of drug-likeness (QED) is 0.918. The lowest BCUT2D eigenvalue weighted by molar-refractivity contribution is 0.0952. The van der Waals surface area contributed by atoms with E-state index in [4.69, 9.17) is 4.42 Å². The summed E-state index contributed by atoms with van der Waals surface area (Å²) in [7, 11) is 0. The van der Waals surface area contributed by atoms with Crippen molar-refractivity contribution in [1.29, 1.82) is 0 Å². The second-order valence-electron chi connectivity index (χ2n) is 4.34. The Hall–Kier alpha value is -1.55. The molecular weight excluding hydrogens is 306 g/mol. The Labute approximate surface area is 121 Å². The molecule has 0 unspecified atom stereocenters. The first-order chi connectivity index (χ1) is 9.11. The van der Waals surface area contributed by atoms with Crippen LogP contribution < -0.4 is 5.32 Å². The minimum absolute atomic E-state index is 0.0774. The largest absolute Gasteiger partial charge is 0.461 e. The molecular formula is C15H16BrNO2. The zero-order valence-electron chi connectivity index (χ0n) is 11.0. The van der Waals surface area contributed by atoms with Crippen molar-refractivity contribution in [1.82, 2.24) is 5.32 Å². The van der Waals surface area contributed by atoms with Crippen molar-refractivity contribution in [2.24, 2.45) is 0 Å². The summed E-state index contributed by atoms with van der Waals surface area (Å²) in [6.45, 7) is 4.51. The molecule has 0 aliphatic rings. The van der Waals surface area contributed by atoms with Crippen LogP contribution in [-0.2, 0) is 0 Å². The molecule has 0 saturated heterocycles. The lowest BCUT2D eigenvalue weighted by Crippen LogP contribution is -2.24. The van der Waals surface area contributed by atoms with Gasteiger partial charge in [-0.1, -0.05) is 35.0 Å². The van der Waals surface area contributed by atoms with Gasteiger partial charge in [0.25, 0.3) is 5.91 Å². The van der Waals surface area contributed by atoms with E-state index in [0.717, 1.165) is 16.5 Å². The van der Waals surface area contributed by atoms with Crippen LogP contribution in [0.3, 0.4) is 0 Å². The van der Waals surface area contributed by atoms with Gasteiger partial charge in [0.2, 0.25) is 0 Å². The van der Waals surface area contributed by atoms with Gasteiger partial charge in [-0.3, -0.25) is 4.79 Å². The number of amides is 1. The number of rotatable bonds is 4. The predicted octanol–water partition coefficient (Wildman–Crippen LogP) is 4.16. The first kappa shape index (κ1) is 13.9. The summed E-state index contributed by atoms with van der Waals surface area (Å²) in [6, 6.07) is 9.60. The highest BCUT2D eigenvalue weighted by Crippen LogP contribution is 2.26. The summed E-state index contributed by atoms with van der Waals surface area (Å²) in [4.78, 5) is 11.9. The molecule has 3 nitrogen and oxygen atoms in total. The fourth-order valence-corrected chi connectivity index (χ4v) is 2.06. The maximum Gasteiger partial charge on any atom is 0.254 e. The van der Waals surface area contributed by atoms with Crippen molar-refractivity contribution in [2.75, 3.05) is 6.54 Å². The molecule has 0 aliphatic heterocycles. The fraction of sp³-hybridized carbons (Fsp3) is 0.267. The minimum Gasteiger partial charge on any atom is -0.461 e. The molecule has 0 fully saturated rings. The number of benzene rings is 1. The standard InChI is InChI=1S/C15H16BrNO2/c1-3-8-17-15(18)13-9-14(19-10(13)2)11-4-6-12(16)7-5-11/h4-7,9H,3,8H2,1-2H3,(H,17,18). The van der Waals surface area contributed by atoms with Crippen molar-refractivity contribution in [3.05, 3.63) is 46.1 Å². The Morgan fingerprint density at radius 1 is 1.32 bits per heavy atom. The van der Waals surface area contributed by atoms with Crippen LogP contribution >= 0.6 is 15.9 Å². The molecule has 0 saturated carbocycles. The molecule has 2 rings (SSSR count). The zero-order chi connectivity index (χ0) is 13.8. The van der Waals surface area contributed by atoms with Crippen LogP contribution in [-0.4, -0.2) is 12.5 Å². The average molecular weight is 322 g/mol. The number of aryl methyl sites for hydroxylation is 1. The van der Waals surface area contributed by atoms with Crippen LogP contribution in [0.1, 0.15) is 29.5 Å². The van der Waals surface area contributed by atoms with Gasteiger partial charge in [0.15, 0.2) is 0 Å². The van der Waals surface area contributed by atoms with Gasteiger partial charge in [-0.25, -0.2) is 0 Å². The molecule has 1 heterocycles. The Morgan fingerprint density at radius 2 is 2.00 bits per heavy atom. The fourth-order valence-electron chi connectivity index (χ4n) is 1.80. The summed E-state index contributed by atoms with van der Waals surface area (Å²) in [5.74, 6) is 1.28. The molecule has 100 valence electrons. The molecule has 4 heteroatoms. The molecule has 0 radical (unpaired) electrons. The van der Waals surface area contributed by atoms with Gasteiger partial charge in [0.1, 0.15) is 11.5 Å². The van der Waals surface area contributed by atoms with Crippen LogP contribution in [0, 0.1) is 6.92 Å². The van der Waals surface area contributed by atoms with Gasteiger partial charge in [0, 0.05) is 16.6 Å². The highest BCUT2D eigenvalue weighted by molar-refractivity contribution is 9.10. The van der Waals surface area contributed by atoms with E-state index in [9.17, 15) is 4.79 Å². The second-order valence-corrected chi connectivity index (χ2v) is 5.26. The van der Waals surface area contributed by atoms with Crippen LogP contribution in [0.4, 0.5) is 0 Å². The molecule has 0 spiro atoms. The molecule has 1 N–H and O–H groups in total. The Balaban J connectivity index is 2.25. The third-order valence-electron chi connectivity index (χ3n) is 2.83. The third kappa shape index (κ3) is 3.26. The highest BCUT2D eigenvalue weighted by Gasteiger charge is 2.15. The van der Waals surface area contributed by atoms with E-state index >= 15 is 0 Å². The van der Waals surface area contributed by atoms with E-state index < -0.39 is 0 Å². The summed E-state index contributed by atoms with van der Waals surface area (Å²) in [5, 5.41) is 2.86. The summed E-state index contributed by atoms with van der Waals surface area (Å²) in [5.41, 5.74) is 1.56. The number of furan rings is 1. The highest BCUT2D eigenvalue weighted by atomic mass is 79.9. The Morgan fingerprint density at radius 3 is 2.63 bits per heavy atom. The Bertz CT molecular complexity index is 572. The summed E-state index contributed by atoms with van der Waals surface area (Å²) < 4.78 is 6.68. The Kier molecular flexibility index (Phi) is 4.43. The number of halogens is 1. The number of carbonyl (C=O) groups excluding carboxylic acids is 1.